The molecule has 0 aliphatic rings. The van der Waals surface area contributed by atoms with Crippen molar-refractivity contribution in [3.63, 3.8) is 0 Å². The molecule has 0 unspecified atom stereocenters. The quantitative estimate of drug-likeness (QED) is 0.630. The predicted molar refractivity (Wildman–Crippen MR) is 46.2 cm³/mol. The molecule has 0 rings (SSSR count). The second-order valence-electron chi connectivity index (χ2n) is 3.83. The average molecular weight is 158 g/mol. The van der Waals surface area contributed by atoms with Crippen molar-refractivity contribution in [2.45, 2.75) is 45.7 Å². The first-order valence-electron chi connectivity index (χ1n) is 3.89. The standard InChI is InChI=1S/C8H18N2O/c1-6(2)10-8(3,4)5-7(9)11/h6,10H,5H2,1-4H3,(H2,9,11). The number of nitrogens with two attached hydrogens (primary N) is 1. The topological polar surface area (TPSA) is 55.1 Å². The number of amides is 1. The van der Waals surface area contributed by atoms with Crippen molar-refractivity contribution < 1.29 is 4.79 Å². The second kappa shape index (κ2) is 3.72. The minimum Gasteiger partial charge on any atom is -0.370 e. The number of carbonyl (C=O) groups excluding carboxylic acids is 1. The van der Waals surface area contributed by atoms with Crippen LogP contribution in [0.4, 0.5) is 0 Å². The number of carbonyl (C=O) groups is 1. The van der Waals surface area contributed by atoms with Gasteiger partial charge in [0.25, 0.3) is 0 Å². The summed E-state index contributed by atoms with van der Waals surface area (Å²) in [4.78, 5) is 10.6. The maximum Gasteiger partial charge on any atom is 0.219 e. The third-order valence-electron chi connectivity index (χ3n) is 1.30. The van der Waals surface area contributed by atoms with Gasteiger partial charge in [-0.25, -0.2) is 0 Å². The van der Waals surface area contributed by atoms with Crippen molar-refractivity contribution in [3.05, 3.63) is 0 Å². The smallest absolute Gasteiger partial charge is 0.219 e. The van der Waals surface area contributed by atoms with Crippen LogP contribution in [-0.2, 0) is 4.79 Å². The molecule has 0 aromatic heterocycles. The Bertz CT molecular complexity index is 141. The minimum atomic E-state index is -0.261. The highest BCUT2D eigenvalue weighted by Gasteiger charge is 2.20. The van der Waals surface area contributed by atoms with Gasteiger partial charge in [0, 0.05) is 18.0 Å². The Labute approximate surface area is 68.3 Å². The molecule has 1 amide bonds. The first kappa shape index (κ1) is 10.4. The van der Waals surface area contributed by atoms with Crippen LogP contribution < -0.4 is 11.1 Å². The molecule has 11 heavy (non-hydrogen) atoms. The Morgan fingerprint density at radius 3 is 2.27 bits per heavy atom. The fourth-order valence-corrected chi connectivity index (χ4v) is 1.27. The average Bonchev–Trinajstić information content (AvgIpc) is 1.53. The fraction of sp³-hybridized carbons (Fsp3) is 0.875. The lowest BCUT2D eigenvalue weighted by atomic mass is 9.99. The molecule has 0 saturated carbocycles. The van der Waals surface area contributed by atoms with Crippen molar-refractivity contribution in [3.8, 4) is 0 Å². The van der Waals surface area contributed by atoms with Crippen LogP contribution in [0.3, 0.4) is 0 Å². The van der Waals surface area contributed by atoms with Crippen LogP contribution >= 0.6 is 0 Å². The Balaban J connectivity index is 3.89. The zero-order chi connectivity index (χ0) is 9.07. The Morgan fingerprint density at radius 2 is 2.00 bits per heavy atom. The van der Waals surface area contributed by atoms with Gasteiger partial charge in [-0.15, -0.1) is 0 Å². The van der Waals surface area contributed by atoms with E-state index in [1.165, 1.54) is 0 Å². The van der Waals surface area contributed by atoms with Gasteiger partial charge >= 0.3 is 0 Å². The molecular weight excluding hydrogens is 140 g/mol. The van der Waals surface area contributed by atoms with E-state index >= 15 is 0 Å². The van der Waals surface area contributed by atoms with Gasteiger partial charge in [-0.3, -0.25) is 4.79 Å². The van der Waals surface area contributed by atoms with E-state index in [4.69, 9.17) is 5.73 Å². The first-order chi connectivity index (χ1) is 4.83. The zero-order valence-electron chi connectivity index (χ0n) is 7.77. The Morgan fingerprint density at radius 1 is 1.55 bits per heavy atom. The van der Waals surface area contributed by atoms with Gasteiger partial charge in [0.05, 0.1) is 0 Å². The second-order valence-corrected chi connectivity index (χ2v) is 3.83. The van der Waals surface area contributed by atoms with Gasteiger partial charge in [-0.2, -0.15) is 0 Å². The molecule has 0 saturated heterocycles. The molecule has 0 aromatic carbocycles. The summed E-state index contributed by atoms with van der Waals surface area (Å²) < 4.78 is 0. The number of hydrogen-bond acceptors (Lipinski definition) is 2. The Kier molecular flexibility index (Phi) is 3.52. The van der Waals surface area contributed by atoms with Crippen LogP contribution in [0.25, 0.3) is 0 Å². The van der Waals surface area contributed by atoms with E-state index in [0.717, 1.165) is 0 Å². The van der Waals surface area contributed by atoms with Crippen molar-refractivity contribution >= 4 is 5.91 Å². The molecule has 3 heteroatoms. The lowest BCUT2D eigenvalue weighted by Gasteiger charge is -2.27. The molecule has 0 bridgehead atoms. The number of primary amides is 1. The summed E-state index contributed by atoms with van der Waals surface area (Å²) in [6.45, 7) is 8.03. The molecule has 0 radical (unpaired) electrons. The summed E-state index contributed by atoms with van der Waals surface area (Å²) in [5, 5.41) is 3.25. The van der Waals surface area contributed by atoms with E-state index < -0.39 is 0 Å². The van der Waals surface area contributed by atoms with Crippen LogP contribution in [0.5, 0.6) is 0 Å². The monoisotopic (exact) mass is 158 g/mol. The van der Waals surface area contributed by atoms with Crippen molar-refractivity contribution in [1.82, 2.24) is 5.32 Å². The molecule has 3 N–H and O–H groups in total. The Hall–Kier alpha value is -0.570. The maximum atomic E-state index is 10.6. The number of rotatable bonds is 4. The first-order valence-corrected chi connectivity index (χ1v) is 3.89. The molecule has 0 aromatic rings. The normalized spacial score (nSPS) is 12.1. The van der Waals surface area contributed by atoms with E-state index in [1.807, 2.05) is 27.7 Å². The lowest BCUT2D eigenvalue weighted by molar-refractivity contribution is -0.119. The minimum absolute atomic E-state index is 0.181. The van der Waals surface area contributed by atoms with Crippen LogP contribution in [0.2, 0.25) is 0 Å². The number of hydrogen-bond donors (Lipinski definition) is 2. The molecule has 3 nitrogen and oxygen atoms in total. The van der Waals surface area contributed by atoms with Crippen LogP contribution in [0.15, 0.2) is 0 Å². The third kappa shape index (κ3) is 5.85. The largest absolute Gasteiger partial charge is 0.370 e. The summed E-state index contributed by atoms with van der Waals surface area (Å²) in [6, 6.07) is 0.379. The fourth-order valence-electron chi connectivity index (χ4n) is 1.27. The molecule has 66 valence electrons. The van der Waals surface area contributed by atoms with Crippen molar-refractivity contribution in [2.24, 2.45) is 5.73 Å². The predicted octanol–water partition coefficient (Wildman–Crippen LogP) is 0.638. The lowest BCUT2D eigenvalue weighted by Crippen LogP contribution is -2.46. The van der Waals surface area contributed by atoms with Gasteiger partial charge in [-0.1, -0.05) is 13.8 Å². The number of nitrogens with one attached hydrogen (secondary N) is 1. The highest BCUT2D eigenvalue weighted by Crippen LogP contribution is 2.08. The maximum absolute atomic E-state index is 10.6. The molecule has 0 aliphatic heterocycles. The molecule has 0 aliphatic carbocycles. The van der Waals surface area contributed by atoms with Crippen molar-refractivity contribution in [1.29, 1.82) is 0 Å². The molecule has 0 atom stereocenters. The van der Waals surface area contributed by atoms with E-state index in [1.54, 1.807) is 0 Å². The van der Waals surface area contributed by atoms with Crippen LogP contribution in [-0.4, -0.2) is 17.5 Å². The van der Waals surface area contributed by atoms with Crippen molar-refractivity contribution in [2.75, 3.05) is 0 Å². The summed E-state index contributed by atoms with van der Waals surface area (Å²) >= 11 is 0. The molecule has 0 heterocycles. The molecular formula is C8H18N2O. The summed E-state index contributed by atoms with van der Waals surface area (Å²) in [7, 11) is 0. The van der Waals surface area contributed by atoms with Gasteiger partial charge in [-0.05, 0) is 13.8 Å². The molecule has 0 fully saturated rings. The third-order valence-corrected chi connectivity index (χ3v) is 1.30. The van der Waals surface area contributed by atoms with Gasteiger partial charge in [0.15, 0.2) is 0 Å². The van der Waals surface area contributed by atoms with Crippen LogP contribution in [0.1, 0.15) is 34.1 Å². The highest BCUT2D eigenvalue weighted by atomic mass is 16.1. The van der Waals surface area contributed by atoms with E-state index in [0.29, 0.717) is 12.5 Å². The van der Waals surface area contributed by atoms with E-state index in [9.17, 15) is 4.79 Å². The highest BCUT2D eigenvalue weighted by molar-refractivity contribution is 5.74. The van der Waals surface area contributed by atoms with E-state index in [2.05, 4.69) is 5.32 Å². The zero-order valence-corrected chi connectivity index (χ0v) is 7.77. The van der Waals surface area contributed by atoms with Gasteiger partial charge < -0.3 is 11.1 Å². The van der Waals surface area contributed by atoms with E-state index in [-0.39, 0.29) is 11.4 Å². The van der Waals surface area contributed by atoms with Gasteiger partial charge in [0.2, 0.25) is 5.91 Å². The van der Waals surface area contributed by atoms with Crippen LogP contribution in [0, 0.1) is 0 Å². The summed E-state index contributed by atoms with van der Waals surface area (Å²) in [5.74, 6) is -0.261. The molecule has 0 spiro atoms. The summed E-state index contributed by atoms with van der Waals surface area (Å²) in [6.07, 6.45) is 0.380. The summed E-state index contributed by atoms with van der Waals surface area (Å²) in [5.41, 5.74) is 4.89. The van der Waals surface area contributed by atoms with Gasteiger partial charge in [0.1, 0.15) is 0 Å². The SMILES string of the molecule is CC(C)NC(C)(C)CC(N)=O.